The van der Waals surface area contributed by atoms with Gasteiger partial charge in [-0.1, -0.05) is 145 Å². The molecular weight excluding hydrogens is 864 g/mol. The van der Waals surface area contributed by atoms with Crippen molar-refractivity contribution in [3.05, 3.63) is 115 Å². The number of carbonyl (C=O) groups is 2. The Balaban J connectivity index is 1.99. The van der Waals surface area contributed by atoms with E-state index in [9.17, 15) is 9.59 Å². The first-order valence-electron chi connectivity index (χ1n) is 24.3. The SMILES string of the molecule is CCCOc1c2cc(C(C)(C)C)cc1Cc1cc(C(C)(C)C)cc(c1OCCCC(=O)Cl)Cc1cc(C(C)(C)C)cc(c1OCCC)Cc1cc(C(C)(C)C)cc(c1OCCCC(=O)Cl)C2. The minimum Gasteiger partial charge on any atom is -0.493 e. The fourth-order valence-corrected chi connectivity index (χ4v) is 8.81. The molecule has 1 aliphatic rings. The van der Waals surface area contributed by atoms with Gasteiger partial charge in [0.15, 0.2) is 0 Å². The van der Waals surface area contributed by atoms with Crippen LogP contribution in [0, 0.1) is 0 Å². The van der Waals surface area contributed by atoms with Gasteiger partial charge in [-0.05, 0) is 137 Å². The fraction of sp³-hybridized carbons (Fsp3) is 0.552. The molecule has 0 heterocycles. The highest BCUT2D eigenvalue weighted by atomic mass is 35.5. The van der Waals surface area contributed by atoms with Gasteiger partial charge in [0.25, 0.3) is 0 Å². The maximum absolute atomic E-state index is 11.9. The van der Waals surface area contributed by atoms with Crippen molar-refractivity contribution < 1.29 is 28.5 Å². The molecule has 6 nitrogen and oxygen atoms in total. The van der Waals surface area contributed by atoms with Crippen LogP contribution in [0.25, 0.3) is 0 Å². The summed E-state index contributed by atoms with van der Waals surface area (Å²) in [6.07, 6.45) is 5.43. The smallest absolute Gasteiger partial charge is 0.221 e. The lowest BCUT2D eigenvalue weighted by molar-refractivity contribution is -0.112. The summed E-state index contributed by atoms with van der Waals surface area (Å²) in [6, 6.07) is 18.6. The van der Waals surface area contributed by atoms with Crippen molar-refractivity contribution in [1.82, 2.24) is 0 Å². The van der Waals surface area contributed by atoms with Gasteiger partial charge in [-0.15, -0.1) is 0 Å². The molecule has 0 spiro atoms. The second-order valence-corrected chi connectivity index (χ2v) is 23.4. The first-order chi connectivity index (χ1) is 30.8. The lowest BCUT2D eigenvalue weighted by Gasteiger charge is -2.29. The highest BCUT2D eigenvalue weighted by Gasteiger charge is 2.29. The molecule has 4 aromatic carbocycles. The van der Waals surface area contributed by atoms with Crippen LogP contribution in [0.1, 0.15) is 202 Å². The average molecular weight is 942 g/mol. The van der Waals surface area contributed by atoms with Crippen molar-refractivity contribution in [2.45, 2.75) is 183 Å². The minimum absolute atomic E-state index is 0.172. The van der Waals surface area contributed by atoms with Crippen LogP contribution >= 0.6 is 23.2 Å². The molecule has 8 bridgehead atoms. The van der Waals surface area contributed by atoms with Crippen LogP contribution < -0.4 is 18.9 Å². The van der Waals surface area contributed by atoms with Gasteiger partial charge in [0.05, 0.1) is 26.4 Å². The third-order valence-electron chi connectivity index (χ3n) is 12.4. The highest BCUT2D eigenvalue weighted by molar-refractivity contribution is 6.63. The number of hydrogen-bond donors (Lipinski definition) is 0. The van der Waals surface area contributed by atoms with Crippen LogP contribution in [0.2, 0.25) is 0 Å². The summed E-state index contributed by atoms with van der Waals surface area (Å²) in [5.41, 5.74) is 12.8. The molecular formula is C58H78Cl2O6. The molecule has 0 saturated heterocycles. The molecule has 8 heteroatoms. The Bertz CT molecular complexity index is 2090. The Morgan fingerprint density at radius 2 is 0.591 bits per heavy atom. The van der Waals surface area contributed by atoms with E-state index in [0.717, 1.165) is 80.3 Å². The number of halogens is 2. The Kier molecular flexibility index (Phi) is 17.6. The van der Waals surface area contributed by atoms with E-state index in [2.05, 4.69) is 145 Å². The standard InChI is InChI=1S/C58H78Cl2O6/c1-15-21-63-51-37-25-41-33-47(57(9,10)11)35-43(53(41)65-23-17-19-49(59)61)27-39-31-46(56(6,7)8)32-40(52(39)64-22-16-2)28-44-36-48(58(12,13)14)34-42(54(44)66-24-18-20-50(60)62)26-38(51)30-45(29-37)55(3,4)5/h29-36H,15-28H2,1-14H3. The second-order valence-electron chi connectivity index (χ2n) is 22.5. The number of rotatable bonds is 16. The van der Waals surface area contributed by atoms with E-state index in [1.807, 2.05) is 0 Å². The molecule has 0 atom stereocenters. The van der Waals surface area contributed by atoms with Crippen LogP contribution in [0.4, 0.5) is 0 Å². The molecule has 4 aromatic rings. The molecule has 0 aromatic heterocycles. The summed E-state index contributed by atoms with van der Waals surface area (Å²) >= 11 is 11.7. The van der Waals surface area contributed by atoms with Gasteiger partial charge in [0.1, 0.15) is 23.0 Å². The predicted molar refractivity (Wildman–Crippen MR) is 275 cm³/mol. The Labute approximate surface area is 407 Å². The van der Waals surface area contributed by atoms with E-state index >= 15 is 0 Å². The number of hydrogen-bond acceptors (Lipinski definition) is 6. The van der Waals surface area contributed by atoms with Crippen LogP contribution in [-0.4, -0.2) is 36.9 Å². The van der Waals surface area contributed by atoms with E-state index in [4.69, 9.17) is 42.1 Å². The molecule has 0 N–H and O–H groups in total. The molecule has 66 heavy (non-hydrogen) atoms. The molecule has 0 fully saturated rings. The Morgan fingerprint density at radius 1 is 0.394 bits per heavy atom. The van der Waals surface area contributed by atoms with Crippen LogP contribution in [0.15, 0.2) is 48.5 Å². The zero-order valence-electron chi connectivity index (χ0n) is 42.7. The van der Waals surface area contributed by atoms with Crippen LogP contribution in [-0.2, 0) is 56.9 Å². The van der Waals surface area contributed by atoms with E-state index in [0.29, 0.717) is 65.0 Å². The molecule has 0 radical (unpaired) electrons. The minimum atomic E-state index is -0.365. The van der Waals surface area contributed by atoms with Crippen LogP contribution in [0.3, 0.4) is 0 Å². The highest BCUT2D eigenvalue weighted by Crippen LogP contribution is 2.44. The van der Waals surface area contributed by atoms with Crippen molar-refractivity contribution >= 4 is 33.7 Å². The topological polar surface area (TPSA) is 71.1 Å². The third kappa shape index (κ3) is 14.0. The fourth-order valence-electron chi connectivity index (χ4n) is 8.54. The van der Waals surface area contributed by atoms with Crippen molar-refractivity contribution in [3.63, 3.8) is 0 Å². The molecule has 360 valence electrons. The van der Waals surface area contributed by atoms with E-state index in [1.54, 1.807) is 0 Å². The monoisotopic (exact) mass is 941 g/mol. The zero-order chi connectivity index (χ0) is 48.8. The van der Waals surface area contributed by atoms with Gasteiger partial charge in [-0.25, -0.2) is 0 Å². The molecule has 0 amide bonds. The number of fused-ring (bicyclic) bond motifs is 8. The van der Waals surface area contributed by atoms with E-state index in [1.165, 1.54) is 22.3 Å². The van der Waals surface area contributed by atoms with E-state index in [-0.39, 0.29) is 45.0 Å². The lowest BCUT2D eigenvalue weighted by Crippen LogP contribution is -2.18. The summed E-state index contributed by atoms with van der Waals surface area (Å²) in [5.74, 6) is 3.43. The predicted octanol–water partition coefficient (Wildman–Crippen LogP) is 15.0. The van der Waals surface area contributed by atoms with E-state index < -0.39 is 0 Å². The number of carbonyl (C=O) groups excluding carboxylic acids is 2. The summed E-state index contributed by atoms with van der Waals surface area (Å²) in [5, 5.41) is -0.731. The molecule has 0 saturated carbocycles. The third-order valence-corrected chi connectivity index (χ3v) is 12.8. The largest absolute Gasteiger partial charge is 0.493 e. The zero-order valence-corrected chi connectivity index (χ0v) is 44.2. The lowest BCUT2D eigenvalue weighted by atomic mass is 9.79. The summed E-state index contributed by atoms with van der Waals surface area (Å²) in [6.45, 7) is 33.3. The van der Waals surface area contributed by atoms with Crippen molar-refractivity contribution in [2.24, 2.45) is 0 Å². The van der Waals surface area contributed by atoms with Crippen molar-refractivity contribution in [1.29, 1.82) is 0 Å². The Morgan fingerprint density at radius 3 is 0.758 bits per heavy atom. The maximum atomic E-state index is 11.9. The normalized spacial score (nSPS) is 13.3. The van der Waals surface area contributed by atoms with Gasteiger partial charge in [-0.2, -0.15) is 0 Å². The van der Waals surface area contributed by atoms with Crippen molar-refractivity contribution in [2.75, 3.05) is 26.4 Å². The maximum Gasteiger partial charge on any atom is 0.221 e. The number of ether oxygens (including phenoxy) is 4. The van der Waals surface area contributed by atoms with Crippen LogP contribution in [0.5, 0.6) is 23.0 Å². The Hall–Kier alpha value is -4.00. The molecule has 1 aliphatic carbocycles. The van der Waals surface area contributed by atoms with Gasteiger partial charge in [0, 0.05) is 38.5 Å². The summed E-state index contributed by atoms with van der Waals surface area (Å²) < 4.78 is 27.7. The summed E-state index contributed by atoms with van der Waals surface area (Å²) in [7, 11) is 0. The molecule has 0 unspecified atom stereocenters. The summed E-state index contributed by atoms with van der Waals surface area (Å²) in [4.78, 5) is 23.9. The second kappa shape index (κ2) is 22.0. The van der Waals surface area contributed by atoms with Gasteiger partial charge < -0.3 is 18.9 Å². The van der Waals surface area contributed by atoms with Gasteiger partial charge >= 0.3 is 0 Å². The molecule has 5 rings (SSSR count). The van der Waals surface area contributed by atoms with Gasteiger partial charge in [0.2, 0.25) is 10.5 Å². The molecule has 0 aliphatic heterocycles. The number of benzene rings is 4. The first-order valence-corrected chi connectivity index (χ1v) is 25.1. The average Bonchev–Trinajstić information content (AvgIpc) is 3.19. The first kappa shape index (κ1) is 53.0. The quantitative estimate of drug-likeness (QED) is 0.0725. The van der Waals surface area contributed by atoms with Crippen molar-refractivity contribution in [3.8, 4) is 23.0 Å². The van der Waals surface area contributed by atoms with Gasteiger partial charge in [-0.3, -0.25) is 9.59 Å².